The van der Waals surface area contributed by atoms with Gasteiger partial charge in [-0.25, -0.2) is 4.39 Å². The van der Waals surface area contributed by atoms with Gasteiger partial charge < -0.3 is 0 Å². The molecule has 0 saturated carbocycles. The van der Waals surface area contributed by atoms with Gasteiger partial charge in [-0.15, -0.1) is 0 Å². The lowest BCUT2D eigenvalue weighted by Gasteiger charge is -2.01. The smallest absolute Gasteiger partial charge is 0.160 e. The van der Waals surface area contributed by atoms with E-state index < -0.39 is 5.82 Å². The average molecular weight is 298 g/mol. The first kappa shape index (κ1) is 9.92. The first-order valence-electron chi connectivity index (χ1n) is 3.18. The molecule has 0 aliphatic heterocycles. The van der Waals surface area contributed by atoms with Crippen LogP contribution in [-0.4, -0.2) is 5.78 Å². The largest absolute Gasteiger partial charge is 0.294 e. The van der Waals surface area contributed by atoms with E-state index in [0.717, 1.165) is 0 Å². The molecular weight excluding hydrogens is 293 g/mol. The Balaban J connectivity index is 3.36. The zero-order valence-electron chi connectivity index (χ0n) is 6.20. The van der Waals surface area contributed by atoms with E-state index in [9.17, 15) is 9.18 Å². The molecule has 4 heteroatoms. The third kappa shape index (κ3) is 1.77. The Morgan fingerprint density at radius 2 is 2.17 bits per heavy atom. The molecule has 0 bridgehead atoms. The molecule has 0 radical (unpaired) electrons. The normalized spacial score (nSPS) is 10.0. The van der Waals surface area contributed by atoms with Crippen molar-refractivity contribution >= 4 is 40.0 Å². The standard InChI is InChI=1S/C8H5ClFIO/c1-4(12)5-2-3-6(9)7(10)8(5)11/h2-3H,1H3. The number of Topliss-reactive ketones (excluding diaryl/α,β-unsaturated/α-hetero) is 1. The molecule has 0 heterocycles. The molecule has 1 aromatic rings. The van der Waals surface area contributed by atoms with Crippen molar-refractivity contribution in [2.24, 2.45) is 0 Å². The molecule has 0 unspecified atom stereocenters. The van der Waals surface area contributed by atoms with Crippen molar-refractivity contribution in [3.05, 3.63) is 32.1 Å². The number of ketones is 1. The predicted molar refractivity (Wildman–Crippen MR) is 54.1 cm³/mol. The number of rotatable bonds is 1. The molecule has 0 amide bonds. The Morgan fingerprint density at radius 3 is 2.67 bits per heavy atom. The van der Waals surface area contributed by atoms with Gasteiger partial charge in [0.2, 0.25) is 0 Å². The van der Waals surface area contributed by atoms with Gasteiger partial charge in [0, 0.05) is 5.56 Å². The summed E-state index contributed by atoms with van der Waals surface area (Å²) in [5.74, 6) is -0.681. The lowest BCUT2D eigenvalue weighted by atomic mass is 10.1. The minimum absolute atomic E-state index is 0.0457. The minimum atomic E-state index is -0.523. The van der Waals surface area contributed by atoms with E-state index in [0.29, 0.717) is 5.56 Å². The molecule has 1 rings (SSSR count). The maximum absolute atomic E-state index is 13.1. The van der Waals surface area contributed by atoms with Crippen molar-refractivity contribution in [1.29, 1.82) is 0 Å². The van der Waals surface area contributed by atoms with E-state index >= 15 is 0 Å². The fourth-order valence-electron chi connectivity index (χ4n) is 0.798. The molecule has 0 spiro atoms. The van der Waals surface area contributed by atoms with Crippen LogP contribution in [0.1, 0.15) is 17.3 Å². The fourth-order valence-corrected chi connectivity index (χ4v) is 1.96. The summed E-state index contributed by atoms with van der Waals surface area (Å²) in [6.07, 6.45) is 0. The highest BCUT2D eigenvalue weighted by atomic mass is 127. The highest BCUT2D eigenvalue weighted by molar-refractivity contribution is 14.1. The molecular formula is C8H5ClFIO. The molecule has 0 atom stereocenters. The third-order valence-corrected chi connectivity index (χ3v) is 2.76. The summed E-state index contributed by atoms with van der Waals surface area (Å²) < 4.78 is 13.3. The van der Waals surface area contributed by atoms with E-state index in [4.69, 9.17) is 11.6 Å². The van der Waals surface area contributed by atoms with Crippen molar-refractivity contribution in [2.45, 2.75) is 6.92 Å². The van der Waals surface area contributed by atoms with Gasteiger partial charge in [-0.3, -0.25) is 4.79 Å². The summed E-state index contributed by atoms with van der Waals surface area (Å²) in [5.41, 5.74) is 0.373. The monoisotopic (exact) mass is 298 g/mol. The van der Waals surface area contributed by atoms with Gasteiger partial charge in [0.25, 0.3) is 0 Å². The summed E-state index contributed by atoms with van der Waals surface area (Å²) in [7, 11) is 0. The van der Waals surface area contributed by atoms with Crippen LogP contribution in [0.3, 0.4) is 0 Å². The lowest BCUT2D eigenvalue weighted by molar-refractivity contribution is 0.101. The molecule has 1 aromatic carbocycles. The van der Waals surface area contributed by atoms with Crippen molar-refractivity contribution in [3.8, 4) is 0 Å². The van der Waals surface area contributed by atoms with Crippen LogP contribution in [0.25, 0.3) is 0 Å². The van der Waals surface area contributed by atoms with Crippen LogP contribution in [-0.2, 0) is 0 Å². The minimum Gasteiger partial charge on any atom is -0.294 e. The topological polar surface area (TPSA) is 17.1 Å². The van der Waals surface area contributed by atoms with Crippen molar-refractivity contribution in [1.82, 2.24) is 0 Å². The van der Waals surface area contributed by atoms with Gasteiger partial charge in [-0.2, -0.15) is 0 Å². The molecule has 0 saturated heterocycles. The first-order valence-corrected chi connectivity index (χ1v) is 4.64. The molecule has 12 heavy (non-hydrogen) atoms. The van der Waals surface area contributed by atoms with Gasteiger partial charge in [0.1, 0.15) is 0 Å². The maximum atomic E-state index is 13.1. The SMILES string of the molecule is CC(=O)c1ccc(Cl)c(F)c1I. The van der Waals surface area contributed by atoms with Crippen molar-refractivity contribution < 1.29 is 9.18 Å². The summed E-state index contributed by atoms with van der Waals surface area (Å²) in [4.78, 5) is 10.9. The van der Waals surface area contributed by atoms with Crippen molar-refractivity contribution in [2.75, 3.05) is 0 Å². The van der Waals surface area contributed by atoms with Crippen LogP contribution in [0.15, 0.2) is 12.1 Å². The Morgan fingerprint density at radius 1 is 1.58 bits per heavy atom. The number of hydrogen-bond donors (Lipinski definition) is 0. The Labute approximate surface area is 88.1 Å². The molecule has 1 nitrogen and oxygen atoms in total. The summed E-state index contributed by atoms with van der Waals surface area (Å²) in [6.45, 7) is 1.39. The predicted octanol–water partition coefficient (Wildman–Crippen LogP) is 3.29. The fraction of sp³-hybridized carbons (Fsp3) is 0.125. The maximum Gasteiger partial charge on any atom is 0.160 e. The van der Waals surface area contributed by atoms with Crippen LogP contribution in [0.5, 0.6) is 0 Å². The van der Waals surface area contributed by atoms with E-state index in [1.54, 1.807) is 22.6 Å². The number of halogens is 3. The number of hydrogen-bond acceptors (Lipinski definition) is 1. The molecule has 0 aromatic heterocycles. The highest BCUT2D eigenvalue weighted by Gasteiger charge is 2.11. The highest BCUT2D eigenvalue weighted by Crippen LogP contribution is 2.23. The summed E-state index contributed by atoms with van der Waals surface area (Å²) >= 11 is 7.27. The van der Waals surface area contributed by atoms with Crippen LogP contribution in [0, 0.1) is 9.39 Å². The number of benzene rings is 1. The van der Waals surface area contributed by atoms with Gasteiger partial charge in [0.05, 0.1) is 8.59 Å². The Kier molecular flexibility index (Phi) is 3.06. The van der Waals surface area contributed by atoms with Crippen LogP contribution < -0.4 is 0 Å². The second kappa shape index (κ2) is 3.70. The summed E-state index contributed by atoms with van der Waals surface area (Å²) in [5, 5.41) is 0.0457. The number of carbonyl (C=O) groups excluding carboxylic acids is 1. The molecule has 0 N–H and O–H groups in total. The van der Waals surface area contributed by atoms with E-state index in [2.05, 4.69) is 0 Å². The van der Waals surface area contributed by atoms with Gasteiger partial charge >= 0.3 is 0 Å². The van der Waals surface area contributed by atoms with Gasteiger partial charge in [0.15, 0.2) is 11.6 Å². The van der Waals surface area contributed by atoms with Crippen LogP contribution >= 0.6 is 34.2 Å². The zero-order chi connectivity index (χ0) is 9.30. The zero-order valence-corrected chi connectivity index (χ0v) is 9.11. The van der Waals surface area contributed by atoms with Crippen molar-refractivity contribution in [3.63, 3.8) is 0 Å². The Bertz CT molecular complexity index is 338. The average Bonchev–Trinajstić information content (AvgIpc) is 2.00. The van der Waals surface area contributed by atoms with E-state index in [1.807, 2.05) is 0 Å². The molecule has 0 aliphatic rings. The molecule has 0 fully saturated rings. The van der Waals surface area contributed by atoms with E-state index in [1.165, 1.54) is 19.1 Å². The summed E-state index contributed by atoms with van der Waals surface area (Å²) in [6, 6.07) is 2.91. The molecule has 64 valence electrons. The van der Waals surface area contributed by atoms with Crippen LogP contribution in [0.2, 0.25) is 5.02 Å². The first-order chi connectivity index (χ1) is 5.54. The number of carbonyl (C=O) groups is 1. The second-order valence-electron chi connectivity index (χ2n) is 2.28. The third-order valence-electron chi connectivity index (χ3n) is 1.41. The Hall–Kier alpha value is -0.160. The van der Waals surface area contributed by atoms with Crippen LogP contribution in [0.4, 0.5) is 4.39 Å². The van der Waals surface area contributed by atoms with Gasteiger partial charge in [-0.05, 0) is 41.6 Å². The quantitative estimate of drug-likeness (QED) is 0.442. The lowest BCUT2D eigenvalue weighted by Crippen LogP contribution is -1.98. The second-order valence-corrected chi connectivity index (χ2v) is 3.77. The van der Waals surface area contributed by atoms with Gasteiger partial charge in [-0.1, -0.05) is 11.6 Å². The van der Waals surface area contributed by atoms with E-state index in [-0.39, 0.29) is 14.4 Å². The molecule has 0 aliphatic carbocycles.